The van der Waals surface area contributed by atoms with Crippen LogP contribution in [-0.4, -0.2) is 35.6 Å². The first-order valence-corrected chi connectivity index (χ1v) is 12.2. The quantitative estimate of drug-likeness (QED) is 0.677. The van der Waals surface area contributed by atoms with Crippen molar-refractivity contribution in [3.05, 3.63) is 0 Å². The molecule has 0 aromatic rings. The second-order valence-electron chi connectivity index (χ2n) is 11.5. The molecule has 1 unspecified atom stereocenters. The van der Waals surface area contributed by atoms with Crippen LogP contribution in [0.3, 0.4) is 0 Å². The van der Waals surface area contributed by atoms with Crippen molar-refractivity contribution in [1.82, 2.24) is 0 Å². The number of hydrogen-bond donors (Lipinski definition) is 2. The summed E-state index contributed by atoms with van der Waals surface area (Å²) in [5.41, 5.74) is 0.174. The van der Waals surface area contributed by atoms with Crippen molar-refractivity contribution in [2.24, 2.45) is 40.4 Å². The molecule has 0 radical (unpaired) electrons. The Morgan fingerprint density at radius 2 is 1.82 bits per heavy atom. The average molecular weight is 393 g/mol. The van der Waals surface area contributed by atoms with Crippen LogP contribution in [0.4, 0.5) is 0 Å². The van der Waals surface area contributed by atoms with E-state index in [1.165, 1.54) is 38.5 Å². The smallest absolute Gasteiger partial charge is 0.0650 e. The Labute approximate surface area is 172 Å². The summed E-state index contributed by atoms with van der Waals surface area (Å²) in [7, 11) is 1.88. The first kappa shape index (κ1) is 21.1. The molecule has 0 aliphatic heterocycles. The number of aliphatic hydroxyl groups is 2. The summed E-state index contributed by atoms with van der Waals surface area (Å²) in [6.45, 7) is 7.59. The highest BCUT2D eigenvalue weighted by molar-refractivity contribution is 5.12. The zero-order valence-electron chi connectivity index (χ0n) is 18.8. The summed E-state index contributed by atoms with van der Waals surface area (Å²) in [6.07, 6.45) is 12.6. The zero-order chi connectivity index (χ0) is 20.2. The SMILES string of the molecule is CCC[C@@]1(O)CC[C@@]2(COC)[C@H](CC[C@H]3[C@@H]4CC[C@H](C(C)O)[C@@]4(C)CC[C@@H]32)C1. The lowest BCUT2D eigenvalue weighted by Crippen LogP contribution is -2.58. The Balaban J connectivity index is 1.61. The molecule has 4 aliphatic rings. The van der Waals surface area contributed by atoms with Gasteiger partial charge in [0, 0.05) is 7.11 Å². The van der Waals surface area contributed by atoms with Gasteiger partial charge in [-0.05, 0) is 112 Å². The molecule has 4 aliphatic carbocycles. The van der Waals surface area contributed by atoms with E-state index in [9.17, 15) is 10.2 Å². The molecule has 2 N–H and O–H groups in total. The Morgan fingerprint density at radius 3 is 2.50 bits per heavy atom. The van der Waals surface area contributed by atoms with Gasteiger partial charge in [0.2, 0.25) is 0 Å². The van der Waals surface area contributed by atoms with Crippen LogP contribution in [0, 0.1) is 40.4 Å². The van der Waals surface area contributed by atoms with Gasteiger partial charge in [0.1, 0.15) is 0 Å². The second-order valence-corrected chi connectivity index (χ2v) is 11.5. The van der Waals surface area contributed by atoms with Gasteiger partial charge in [-0.2, -0.15) is 0 Å². The summed E-state index contributed by atoms with van der Waals surface area (Å²) in [5.74, 6) is 3.43. The van der Waals surface area contributed by atoms with Crippen LogP contribution in [0.15, 0.2) is 0 Å². The third-order valence-electron chi connectivity index (χ3n) is 10.3. The zero-order valence-corrected chi connectivity index (χ0v) is 18.8. The Bertz CT molecular complexity index is 562. The van der Waals surface area contributed by atoms with E-state index in [4.69, 9.17) is 4.74 Å². The van der Waals surface area contributed by atoms with Crippen molar-refractivity contribution < 1.29 is 14.9 Å². The summed E-state index contributed by atoms with van der Waals surface area (Å²) in [6, 6.07) is 0. The van der Waals surface area contributed by atoms with Crippen molar-refractivity contribution in [3.63, 3.8) is 0 Å². The van der Waals surface area contributed by atoms with E-state index in [-0.39, 0.29) is 11.5 Å². The second kappa shape index (κ2) is 7.54. The highest BCUT2D eigenvalue weighted by Gasteiger charge is 2.62. The van der Waals surface area contributed by atoms with Crippen LogP contribution in [0.1, 0.15) is 91.4 Å². The fraction of sp³-hybridized carbons (Fsp3) is 1.00. The van der Waals surface area contributed by atoms with Gasteiger partial charge in [-0.25, -0.2) is 0 Å². The number of fused-ring (bicyclic) bond motifs is 5. The van der Waals surface area contributed by atoms with Crippen molar-refractivity contribution in [2.75, 3.05) is 13.7 Å². The Hall–Kier alpha value is -0.120. The first-order valence-electron chi connectivity index (χ1n) is 12.2. The van der Waals surface area contributed by atoms with Gasteiger partial charge in [-0.15, -0.1) is 0 Å². The molecule has 4 fully saturated rings. The Kier molecular flexibility index (Phi) is 5.69. The van der Waals surface area contributed by atoms with Crippen molar-refractivity contribution in [2.45, 2.75) is 103 Å². The van der Waals surface area contributed by atoms with E-state index in [1.807, 2.05) is 14.0 Å². The molecule has 4 saturated carbocycles. The molecule has 0 heterocycles. The maximum Gasteiger partial charge on any atom is 0.0650 e. The highest BCUT2D eigenvalue weighted by Crippen LogP contribution is 2.68. The third kappa shape index (κ3) is 3.10. The van der Waals surface area contributed by atoms with E-state index in [2.05, 4.69) is 13.8 Å². The lowest BCUT2D eigenvalue weighted by molar-refractivity contribution is -0.181. The fourth-order valence-corrected chi connectivity index (χ4v) is 9.20. The van der Waals surface area contributed by atoms with Crippen LogP contribution in [0.2, 0.25) is 0 Å². The fourth-order valence-electron chi connectivity index (χ4n) is 9.20. The number of aliphatic hydroxyl groups excluding tert-OH is 1. The standard InChI is InChI=1S/C25H44O3/c1-5-11-24(27)13-14-25(16-28-4)18(15-24)6-7-19-21-9-8-20(17(2)26)23(21,3)12-10-22(19)25/h17-22,26-27H,5-16H2,1-4H3/t17?,18-,19+,20-,21+,22+,23-,24-,25-/m1/s1. The minimum absolute atomic E-state index is 0.172. The molecule has 0 aromatic carbocycles. The minimum Gasteiger partial charge on any atom is -0.393 e. The van der Waals surface area contributed by atoms with E-state index in [0.29, 0.717) is 17.3 Å². The topological polar surface area (TPSA) is 49.7 Å². The molecule has 9 atom stereocenters. The minimum atomic E-state index is -0.433. The lowest BCUT2D eigenvalue weighted by Gasteiger charge is -2.63. The predicted octanol–water partition coefficient (Wildman–Crippen LogP) is 5.18. The van der Waals surface area contributed by atoms with Crippen molar-refractivity contribution >= 4 is 0 Å². The van der Waals surface area contributed by atoms with Crippen LogP contribution < -0.4 is 0 Å². The van der Waals surface area contributed by atoms with E-state index >= 15 is 0 Å². The number of ether oxygens (including phenoxy) is 1. The first-order chi connectivity index (χ1) is 13.3. The van der Waals surface area contributed by atoms with Crippen LogP contribution in [0.5, 0.6) is 0 Å². The van der Waals surface area contributed by atoms with Crippen LogP contribution >= 0.6 is 0 Å². The molecule has 162 valence electrons. The lowest BCUT2D eigenvalue weighted by atomic mass is 9.43. The van der Waals surface area contributed by atoms with E-state index in [0.717, 1.165) is 56.5 Å². The van der Waals surface area contributed by atoms with Gasteiger partial charge in [0.15, 0.2) is 0 Å². The molecule has 0 bridgehead atoms. The summed E-state index contributed by atoms with van der Waals surface area (Å²) in [5, 5.41) is 21.6. The molecule has 0 saturated heterocycles. The molecule has 0 spiro atoms. The average Bonchev–Trinajstić information content (AvgIpc) is 3.00. The third-order valence-corrected chi connectivity index (χ3v) is 10.3. The van der Waals surface area contributed by atoms with Gasteiger partial charge in [-0.3, -0.25) is 0 Å². The number of hydrogen-bond acceptors (Lipinski definition) is 3. The van der Waals surface area contributed by atoms with E-state index < -0.39 is 5.60 Å². The van der Waals surface area contributed by atoms with Gasteiger partial charge in [-0.1, -0.05) is 20.3 Å². The molecule has 0 amide bonds. The monoisotopic (exact) mass is 392 g/mol. The van der Waals surface area contributed by atoms with Crippen LogP contribution in [-0.2, 0) is 4.74 Å². The molecule has 3 nitrogen and oxygen atoms in total. The Morgan fingerprint density at radius 1 is 1.04 bits per heavy atom. The summed E-state index contributed by atoms with van der Waals surface area (Å²) < 4.78 is 5.89. The summed E-state index contributed by atoms with van der Waals surface area (Å²) in [4.78, 5) is 0. The molecule has 28 heavy (non-hydrogen) atoms. The number of methoxy groups -OCH3 is 1. The molecule has 3 heteroatoms. The van der Waals surface area contributed by atoms with Gasteiger partial charge >= 0.3 is 0 Å². The largest absolute Gasteiger partial charge is 0.393 e. The predicted molar refractivity (Wildman–Crippen MR) is 113 cm³/mol. The van der Waals surface area contributed by atoms with E-state index in [1.54, 1.807) is 0 Å². The maximum absolute atomic E-state index is 11.2. The molecular weight excluding hydrogens is 348 g/mol. The summed E-state index contributed by atoms with van der Waals surface area (Å²) >= 11 is 0. The van der Waals surface area contributed by atoms with Gasteiger partial charge in [0.05, 0.1) is 18.3 Å². The molecule has 0 aromatic heterocycles. The molecular formula is C25H44O3. The highest BCUT2D eigenvalue weighted by atomic mass is 16.5. The van der Waals surface area contributed by atoms with Crippen LogP contribution in [0.25, 0.3) is 0 Å². The number of rotatable bonds is 5. The molecule has 4 rings (SSSR count). The van der Waals surface area contributed by atoms with Crippen molar-refractivity contribution in [3.8, 4) is 0 Å². The normalized spacial score (nSPS) is 51.9. The van der Waals surface area contributed by atoms with Gasteiger partial charge in [0.25, 0.3) is 0 Å². The van der Waals surface area contributed by atoms with Gasteiger partial charge < -0.3 is 14.9 Å². The maximum atomic E-state index is 11.2. The van der Waals surface area contributed by atoms with Crippen molar-refractivity contribution in [1.29, 1.82) is 0 Å².